The summed E-state index contributed by atoms with van der Waals surface area (Å²) in [6.07, 6.45) is 0.872. The van der Waals surface area contributed by atoms with Crippen LogP contribution in [0.3, 0.4) is 0 Å². The molecule has 0 bridgehead atoms. The number of aliphatic hydroxyl groups excluding tert-OH is 1. The molecule has 1 N–H and O–H groups in total. The summed E-state index contributed by atoms with van der Waals surface area (Å²) in [6, 6.07) is 20.4. The first-order valence-corrected chi connectivity index (χ1v) is 12.6. The quantitative estimate of drug-likeness (QED) is 0.243. The number of rotatable bonds is 7. The van der Waals surface area contributed by atoms with Crippen LogP contribution in [0.15, 0.2) is 72.3 Å². The highest BCUT2D eigenvalue weighted by atomic mass is 16.3. The SMILES string of the molecule is CCc1ccc(/C(O)=C2\C(=O)C(=O)N(c3ccc(C)c(C)c3)C2c2ccc(N(CC)CC)cc2)cc1. The average molecular weight is 483 g/mol. The molecule has 1 unspecified atom stereocenters. The minimum Gasteiger partial charge on any atom is -0.507 e. The van der Waals surface area contributed by atoms with Crippen LogP contribution in [0.25, 0.3) is 5.76 Å². The molecular formula is C31H34N2O3. The van der Waals surface area contributed by atoms with Crippen molar-refractivity contribution in [1.29, 1.82) is 0 Å². The van der Waals surface area contributed by atoms with Gasteiger partial charge >= 0.3 is 0 Å². The van der Waals surface area contributed by atoms with E-state index in [1.54, 1.807) is 12.1 Å². The zero-order valence-corrected chi connectivity index (χ0v) is 21.7. The van der Waals surface area contributed by atoms with E-state index in [2.05, 4.69) is 25.7 Å². The summed E-state index contributed by atoms with van der Waals surface area (Å²) in [5.41, 5.74) is 6.38. The molecule has 0 saturated carbocycles. The van der Waals surface area contributed by atoms with Gasteiger partial charge in [0.05, 0.1) is 11.6 Å². The van der Waals surface area contributed by atoms with E-state index in [9.17, 15) is 14.7 Å². The smallest absolute Gasteiger partial charge is 0.300 e. The number of amides is 1. The molecule has 5 heteroatoms. The molecule has 36 heavy (non-hydrogen) atoms. The number of aliphatic hydroxyl groups is 1. The van der Waals surface area contributed by atoms with Crippen molar-refractivity contribution in [2.75, 3.05) is 22.9 Å². The van der Waals surface area contributed by atoms with Crippen LogP contribution in [0.5, 0.6) is 0 Å². The zero-order valence-electron chi connectivity index (χ0n) is 21.7. The van der Waals surface area contributed by atoms with Crippen molar-refractivity contribution in [3.63, 3.8) is 0 Å². The van der Waals surface area contributed by atoms with Gasteiger partial charge in [0.1, 0.15) is 5.76 Å². The van der Waals surface area contributed by atoms with E-state index < -0.39 is 17.7 Å². The fourth-order valence-electron chi connectivity index (χ4n) is 4.80. The Morgan fingerprint density at radius 1 is 0.861 bits per heavy atom. The first-order valence-electron chi connectivity index (χ1n) is 12.6. The van der Waals surface area contributed by atoms with Crippen LogP contribution >= 0.6 is 0 Å². The average Bonchev–Trinajstić information content (AvgIpc) is 3.16. The Morgan fingerprint density at radius 2 is 1.50 bits per heavy atom. The molecule has 186 valence electrons. The molecule has 0 aromatic heterocycles. The molecule has 1 atom stereocenters. The van der Waals surface area contributed by atoms with Gasteiger partial charge in [-0.2, -0.15) is 0 Å². The number of nitrogens with zero attached hydrogens (tertiary/aromatic N) is 2. The second-order valence-electron chi connectivity index (χ2n) is 9.25. The van der Waals surface area contributed by atoms with Crippen LogP contribution in [0.1, 0.15) is 54.6 Å². The molecule has 1 amide bonds. The second-order valence-corrected chi connectivity index (χ2v) is 9.25. The number of Topliss-reactive ketones (excluding diaryl/α,β-unsaturated/α-hetero) is 1. The zero-order chi connectivity index (χ0) is 26.0. The molecule has 1 aliphatic heterocycles. The summed E-state index contributed by atoms with van der Waals surface area (Å²) in [5, 5.41) is 11.4. The molecule has 0 aliphatic carbocycles. The fourth-order valence-corrected chi connectivity index (χ4v) is 4.80. The van der Waals surface area contributed by atoms with Crippen molar-refractivity contribution >= 4 is 28.8 Å². The standard InChI is InChI=1S/C31H34N2O3/c1-6-22-10-12-24(13-11-22)29(34)27-28(23-14-17-25(18-15-23)32(7-2)8-3)33(31(36)30(27)35)26-16-9-20(4)21(5)19-26/h9-19,28,34H,6-8H2,1-5H3/b29-27+. The number of benzene rings is 3. The van der Waals surface area contributed by atoms with Gasteiger partial charge in [-0.15, -0.1) is 0 Å². The summed E-state index contributed by atoms with van der Waals surface area (Å²) >= 11 is 0. The van der Waals surface area contributed by atoms with E-state index in [4.69, 9.17) is 0 Å². The first kappa shape index (κ1) is 25.2. The van der Waals surface area contributed by atoms with Crippen LogP contribution in [-0.4, -0.2) is 29.9 Å². The number of hydrogen-bond donors (Lipinski definition) is 1. The summed E-state index contributed by atoms with van der Waals surface area (Å²) in [7, 11) is 0. The largest absolute Gasteiger partial charge is 0.507 e. The van der Waals surface area contributed by atoms with Crippen molar-refractivity contribution < 1.29 is 14.7 Å². The second kappa shape index (κ2) is 10.4. The number of carbonyl (C=O) groups is 2. The molecule has 1 heterocycles. The maximum Gasteiger partial charge on any atom is 0.300 e. The summed E-state index contributed by atoms with van der Waals surface area (Å²) in [6.45, 7) is 12.0. The van der Waals surface area contributed by atoms with Crippen LogP contribution in [0.2, 0.25) is 0 Å². The Kier molecular flexibility index (Phi) is 7.30. The van der Waals surface area contributed by atoms with Crippen molar-refractivity contribution in [2.24, 2.45) is 0 Å². The van der Waals surface area contributed by atoms with Crippen LogP contribution in [0.4, 0.5) is 11.4 Å². The first-order chi connectivity index (χ1) is 17.3. The molecule has 5 nitrogen and oxygen atoms in total. The predicted octanol–water partition coefficient (Wildman–Crippen LogP) is 6.34. The third-order valence-electron chi connectivity index (χ3n) is 7.19. The predicted molar refractivity (Wildman–Crippen MR) is 147 cm³/mol. The number of hydrogen-bond acceptors (Lipinski definition) is 4. The lowest BCUT2D eigenvalue weighted by molar-refractivity contribution is -0.132. The lowest BCUT2D eigenvalue weighted by Gasteiger charge is -2.27. The van der Waals surface area contributed by atoms with Crippen molar-refractivity contribution in [2.45, 2.75) is 47.1 Å². The van der Waals surface area contributed by atoms with Gasteiger partial charge in [-0.3, -0.25) is 14.5 Å². The molecule has 1 fully saturated rings. The monoisotopic (exact) mass is 482 g/mol. The molecule has 4 rings (SSSR count). The molecule has 1 saturated heterocycles. The van der Waals surface area contributed by atoms with Crippen molar-refractivity contribution in [3.05, 3.63) is 100 Å². The van der Waals surface area contributed by atoms with E-state index in [0.717, 1.165) is 47.5 Å². The minimum absolute atomic E-state index is 0.109. The van der Waals surface area contributed by atoms with E-state index in [-0.39, 0.29) is 11.3 Å². The number of anilines is 2. The van der Waals surface area contributed by atoms with Gasteiger partial charge in [-0.25, -0.2) is 0 Å². The molecule has 3 aromatic carbocycles. The Bertz CT molecular complexity index is 1300. The number of aryl methyl sites for hydroxylation is 3. The molecule has 0 spiro atoms. The fraction of sp³-hybridized carbons (Fsp3) is 0.290. The van der Waals surface area contributed by atoms with Crippen molar-refractivity contribution in [1.82, 2.24) is 0 Å². The maximum atomic E-state index is 13.4. The van der Waals surface area contributed by atoms with E-state index in [1.165, 1.54) is 4.90 Å². The van der Waals surface area contributed by atoms with Gasteiger partial charge in [0.25, 0.3) is 11.7 Å². The van der Waals surface area contributed by atoms with Crippen LogP contribution in [0, 0.1) is 13.8 Å². The van der Waals surface area contributed by atoms with E-state index in [1.807, 2.05) is 68.4 Å². The third kappa shape index (κ3) is 4.53. The highest BCUT2D eigenvalue weighted by molar-refractivity contribution is 6.51. The molecule has 0 radical (unpaired) electrons. The van der Waals surface area contributed by atoms with E-state index in [0.29, 0.717) is 11.3 Å². The normalized spacial score (nSPS) is 17.0. The summed E-state index contributed by atoms with van der Waals surface area (Å²) < 4.78 is 0. The molecule has 1 aliphatic rings. The highest BCUT2D eigenvalue weighted by Gasteiger charge is 2.47. The van der Waals surface area contributed by atoms with Crippen molar-refractivity contribution in [3.8, 4) is 0 Å². The van der Waals surface area contributed by atoms with Crippen LogP contribution < -0.4 is 9.80 Å². The van der Waals surface area contributed by atoms with Gasteiger partial charge in [-0.05, 0) is 80.6 Å². The summed E-state index contributed by atoms with van der Waals surface area (Å²) in [4.78, 5) is 30.6. The third-order valence-corrected chi connectivity index (χ3v) is 7.19. The van der Waals surface area contributed by atoms with Gasteiger partial charge in [0, 0.05) is 30.0 Å². The lowest BCUT2D eigenvalue weighted by atomic mass is 9.94. The maximum absolute atomic E-state index is 13.4. The Balaban J connectivity index is 1.89. The highest BCUT2D eigenvalue weighted by Crippen LogP contribution is 2.42. The van der Waals surface area contributed by atoms with Crippen LogP contribution in [-0.2, 0) is 16.0 Å². The Hall–Kier alpha value is -3.86. The topological polar surface area (TPSA) is 60.9 Å². The van der Waals surface area contributed by atoms with Gasteiger partial charge in [-0.1, -0.05) is 49.4 Å². The summed E-state index contributed by atoms with van der Waals surface area (Å²) in [5.74, 6) is -1.47. The molecule has 3 aromatic rings. The minimum atomic E-state index is -0.733. The Morgan fingerprint density at radius 3 is 2.06 bits per heavy atom. The number of ketones is 1. The lowest BCUT2D eigenvalue weighted by Crippen LogP contribution is -2.29. The Labute approximate surface area is 213 Å². The van der Waals surface area contributed by atoms with E-state index >= 15 is 0 Å². The number of carbonyl (C=O) groups excluding carboxylic acids is 2. The van der Waals surface area contributed by atoms with Gasteiger partial charge < -0.3 is 10.0 Å². The van der Waals surface area contributed by atoms with Gasteiger partial charge in [0.15, 0.2) is 0 Å². The van der Waals surface area contributed by atoms with Gasteiger partial charge in [0.2, 0.25) is 0 Å². The molecular weight excluding hydrogens is 448 g/mol.